The van der Waals surface area contributed by atoms with E-state index in [1.54, 1.807) is 0 Å². The molecule has 0 spiro atoms. The molecule has 1 atom stereocenters. The fourth-order valence-electron chi connectivity index (χ4n) is 2.71. The number of nitrogens with one attached hydrogen (secondary N) is 1. The molecule has 0 bridgehead atoms. The van der Waals surface area contributed by atoms with E-state index < -0.39 is 22.9 Å². The van der Waals surface area contributed by atoms with E-state index in [1.807, 2.05) is 0 Å². The monoisotopic (exact) mass is 354 g/mol. The van der Waals surface area contributed by atoms with Crippen molar-refractivity contribution in [2.24, 2.45) is 5.92 Å². The van der Waals surface area contributed by atoms with E-state index in [9.17, 15) is 19.7 Å². The summed E-state index contributed by atoms with van der Waals surface area (Å²) in [6, 6.07) is 3.72. The number of hydrogen-bond acceptors (Lipinski definition) is 5. The van der Waals surface area contributed by atoms with Gasteiger partial charge in [-0.25, -0.2) is 0 Å². The zero-order valence-electron chi connectivity index (χ0n) is 13.3. The molecule has 1 aliphatic rings. The second kappa shape index (κ2) is 8.10. The van der Waals surface area contributed by atoms with Crippen LogP contribution in [-0.2, 0) is 14.3 Å². The lowest BCUT2D eigenvalue weighted by atomic mass is 10.0. The van der Waals surface area contributed by atoms with Crippen LogP contribution in [0.5, 0.6) is 0 Å². The molecule has 0 radical (unpaired) electrons. The molecular formula is C16H19ClN2O5. The Morgan fingerprint density at radius 3 is 2.71 bits per heavy atom. The maximum atomic E-state index is 12.1. The predicted octanol–water partition coefficient (Wildman–Crippen LogP) is 3.70. The Labute approximate surface area is 144 Å². The number of nitro groups is 1. The number of non-ortho nitro benzene ring substituents is 1. The summed E-state index contributed by atoms with van der Waals surface area (Å²) in [6.45, 7) is 1.45. The molecule has 7 nitrogen and oxygen atoms in total. The summed E-state index contributed by atoms with van der Waals surface area (Å²) in [5, 5.41) is 13.4. The SMILES string of the molecule is C[C@H](OC(=O)CC1CCCC1)C(=O)Nc1cc([N+](=O)[O-])ccc1Cl. The van der Waals surface area contributed by atoms with Crippen LogP contribution in [0, 0.1) is 16.0 Å². The molecule has 0 aliphatic heterocycles. The summed E-state index contributed by atoms with van der Waals surface area (Å²) in [7, 11) is 0. The molecule has 1 aromatic carbocycles. The quantitative estimate of drug-likeness (QED) is 0.477. The van der Waals surface area contributed by atoms with Crippen molar-refractivity contribution in [3.63, 3.8) is 0 Å². The first-order valence-corrected chi connectivity index (χ1v) is 8.19. The van der Waals surface area contributed by atoms with E-state index in [0.29, 0.717) is 12.3 Å². The third-order valence-corrected chi connectivity index (χ3v) is 4.36. The molecule has 1 aliphatic carbocycles. The van der Waals surface area contributed by atoms with Crippen LogP contribution in [0.2, 0.25) is 5.02 Å². The number of ether oxygens (including phenoxy) is 1. The van der Waals surface area contributed by atoms with E-state index >= 15 is 0 Å². The van der Waals surface area contributed by atoms with Gasteiger partial charge in [0.1, 0.15) is 0 Å². The minimum absolute atomic E-state index is 0.106. The molecular weight excluding hydrogens is 336 g/mol. The molecule has 1 N–H and O–H groups in total. The van der Waals surface area contributed by atoms with Crippen molar-refractivity contribution in [2.75, 3.05) is 5.32 Å². The van der Waals surface area contributed by atoms with Crippen LogP contribution in [0.15, 0.2) is 18.2 Å². The first kappa shape index (κ1) is 18.2. The van der Waals surface area contributed by atoms with E-state index in [2.05, 4.69) is 5.32 Å². The van der Waals surface area contributed by atoms with Gasteiger partial charge in [0.25, 0.3) is 11.6 Å². The lowest BCUT2D eigenvalue weighted by Crippen LogP contribution is -2.30. The van der Waals surface area contributed by atoms with Gasteiger partial charge in [0.15, 0.2) is 6.10 Å². The zero-order chi connectivity index (χ0) is 17.7. The maximum absolute atomic E-state index is 12.1. The molecule has 24 heavy (non-hydrogen) atoms. The first-order chi connectivity index (χ1) is 11.4. The van der Waals surface area contributed by atoms with Crippen LogP contribution in [0.4, 0.5) is 11.4 Å². The molecule has 0 aromatic heterocycles. The number of nitro benzene ring substituents is 1. The van der Waals surface area contributed by atoms with Crippen molar-refractivity contribution in [1.29, 1.82) is 0 Å². The molecule has 2 rings (SSSR count). The maximum Gasteiger partial charge on any atom is 0.306 e. The van der Waals surface area contributed by atoms with Crippen molar-refractivity contribution in [2.45, 2.75) is 45.1 Å². The van der Waals surface area contributed by atoms with Crippen molar-refractivity contribution in [1.82, 2.24) is 0 Å². The number of carbonyl (C=O) groups is 2. The van der Waals surface area contributed by atoms with Crippen LogP contribution in [0.3, 0.4) is 0 Å². The summed E-state index contributed by atoms with van der Waals surface area (Å²) in [4.78, 5) is 34.1. The van der Waals surface area contributed by atoms with Gasteiger partial charge in [0, 0.05) is 18.6 Å². The highest BCUT2D eigenvalue weighted by Crippen LogP contribution is 2.28. The highest BCUT2D eigenvalue weighted by molar-refractivity contribution is 6.33. The summed E-state index contributed by atoms with van der Waals surface area (Å²) in [5.41, 5.74) is -0.0878. The standard InChI is InChI=1S/C16H19ClN2O5/c1-10(24-15(20)8-11-4-2-3-5-11)16(21)18-14-9-12(19(22)23)6-7-13(14)17/h6-7,9-11H,2-5,8H2,1H3,(H,18,21)/t10-/m0/s1. The summed E-state index contributed by atoms with van der Waals surface area (Å²) in [5.74, 6) is -0.661. The van der Waals surface area contributed by atoms with E-state index in [-0.39, 0.29) is 16.4 Å². The molecule has 1 amide bonds. The highest BCUT2D eigenvalue weighted by atomic mass is 35.5. The number of esters is 1. The predicted molar refractivity (Wildman–Crippen MR) is 88.9 cm³/mol. The van der Waals surface area contributed by atoms with Crippen LogP contribution < -0.4 is 5.32 Å². The van der Waals surface area contributed by atoms with Gasteiger partial charge in [-0.1, -0.05) is 24.4 Å². The number of amides is 1. The number of hydrogen-bond donors (Lipinski definition) is 1. The lowest BCUT2D eigenvalue weighted by molar-refractivity contribution is -0.384. The van der Waals surface area contributed by atoms with Gasteiger partial charge in [-0.05, 0) is 31.7 Å². The number of nitrogens with zero attached hydrogens (tertiary/aromatic N) is 1. The zero-order valence-corrected chi connectivity index (χ0v) is 14.0. The minimum atomic E-state index is -1.01. The van der Waals surface area contributed by atoms with Crippen molar-refractivity contribution in [3.8, 4) is 0 Å². The van der Waals surface area contributed by atoms with Crippen molar-refractivity contribution >= 4 is 34.9 Å². The lowest BCUT2D eigenvalue weighted by Gasteiger charge is -2.15. The highest BCUT2D eigenvalue weighted by Gasteiger charge is 2.23. The summed E-state index contributed by atoms with van der Waals surface area (Å²) < 4.78 is 5.14. The van der Waals surface area contributed by atoms with Crippen molar-refractivity contribution < 1.29 is 19.2 Å². The van der Waals surface area contributed by atoms with Gasteiger partial charge in [-0.3, -0.25) is 19.7 Å². The Bertz CT molecular complexity index is 643. The first-order valence-electron chi connectivity index (χ1n) is 7.81. The molecule has 1 saturated carbocycles. The third-order valence-electron chi connectivity index (χ3n) is 4.03. The van der Waals surface area contributed by atoms with Gasteiger partial charge in [0.05, 0.1) is 15.6 Å². The number of carbonyl (C=O) groups excluding carboxylic acids is 2. The van der Waals surface area contributed by atoms with Crippen LogP contribution in [-0.4, -0.2) is 22.9 Å². The molecule has 0 saturated heterocycles. The molecule has 130 valence electrons. The smallest absolute Gasteiger partial charge is 0.306 e. The number of benzene rings is 1. The Morgan fingerprint density at radius 2 is 2.08 bits per heavy atom. The Balaban J connectivity index is 1.92. The van der Waals surface area contributed by atoms with E-state index in [1.165, 1.54) is 19.1 Å². The number of anilines is 1. The molecule has 0 unspecified atom stereocenters. The Morgan fingerprint density at radius 1 is 1.42 bits per heavy atom. The van der Waals surface area contributed by atoms with Gasteiger partial charge >= 0.3 is 5.97 Å². The average molecular weight is 355 g/mol. The second-order valence-corrected chi connectivity index (χ2v) is 6.30. The molecule has 0 heterocycles. The second-order valence-electron chi connectivity index (χ2n) is 5.90. The topological polar surface area (TPSA) is 98.5 Å². The summed E-state index contributed by atoms with van der Waals surface area (Å²) >= 11 is 5.92. The van der Waals surface area contributed by atoms with Crippen LogP contribution >= 0.6 is 11.6 Å². The fourth-order valence-corrected chi connectivity index (χ4v) is 2.87. The van der Waals surface area contributed by atoms with Gasteiger partial charge in [-0.15, -0.1) is 0 Å². The minimum Gasteiger partial charge on any atom is -0.453 e. The molecule has 1 aromatic rings. The number of halogens is 1. The van der Waals surface area contributed by atoms with Gasteiger partial charge in [-0.2, -0.15) is 0 Å². The fraction of sp³-hybridized carbons (Fsp3) is 0.500. The summed E-state index contributed by atoms with van der Waals surface area (Å²) in [6.07, 6.45) is 3.58. The largest absolute Gasteiger partial charge is 0.453 e. The normalized spacial score (nSPS) is 15.8. The average Bonchev–Trinajstić information content (AvgIpc) is 3.01. The third kappa shape index (κ3) is 4.92. The Kier molecular flexibility index (Phi) is 6.14. The molecule has 1 fully saturated rings. The van der Waals surface area contributed by atoms with Crippen molar-refractivity contribution in [3.05, 3.63) is 33.3 Å². The van der Waals surface area contributed by atoms with Gasteiger partial charge in [0.2, 0.25) is 0 Å². The van der Waals surface area contributed by atoms with Gasteiger partial charge < -0.3 is 10.1 Å². The van der Waals surface area contributed by atoms with Crippen LogP contribution in [0.1, 0.15) is 39.0 Å². The van der Waals surface area contributed by atoms with Crippen LogP contribution in [0.25, 0.3) is 0 Å². The van der Waals surface area contributed by atoms with E-state index in [4.69, 9.17) is 16.3 Å². The Hall–Kier alpha value is -2.15. The van der Waals surface area contributed by atoms with E-state index in [0.717, 1.165) is 31.7 Å². The number of rotatable bonds is 6. The molecule has 8 heteroatoms.